The van der Waals surface area contributed by atoms with E-state index in [-0.39, 0.29) is 23.1 Å². The Kier molecular flexibility index (Phi) is 4.75. The smallest absolute Gasteiger partial charge is 0.311 e. The minimum absolute atomic E-state index is 0.00900. The van der Waals surface area contributed by atoms with Crippen LogP contribution in [0.3, 0.4) is 0 Å². The third kappa shape index (κ3) is 3.49. The molecule has 2 aromatic carbocycles. The van der Waals surface area contributed by atoms with E-state index in [2.05, 4.69) is 0 Å². The number of hydrogen-bond donors (Lipinski definition) is 0. The van der Waals surface area contributed by atoms with E-state index in [0.29, 0.717) is 12.0 Å². The highest BCUT2D eigenvalue weighted by Gasteiger charge is 2.18. The summed E-state index contributed by atoms with van der Waals surface area (Å²) in [4.78, 5) is 10.5. The molecule has 0 aliphatic carbocycles. The van der Waals surface area contributed by atoms with Gasteiger partial charge in [0.1, 0.15) is 0 Å². The minimum atomic E-state index is -0.609. The number of hydrogen-bond acceptors (Lipinski definition) is 3. The Balaban J connectivity index is 2.37. The van der Waals surface area contributed by atoms with Crippen molar-refractivity contribution in [1.82, 2.24) is 0 Å². The van der Waals surface area contributed by atoms with Crippen LogP contribution in [0.2, 0.25) is 0 Å². The van der Waals surface area contributed by atoms with E-state index < -0.39 is 10.7 Å². The summed E-state index contributed by atoms with van der Waals surface area (Å²) >= 11 is 5.61. The zero-order valence-corrected chi connectivity index (χ0v) is 12.1. The molecule has 0 aliphatic heterocycles. The number of aryl methyl sites for hydroxylation is 1. The number of benzene rings is 2. The molecule has 0 fully saturated rings. The molecule has 0 saturated carbocycles. The molecule has 0 bridgehead atoms. The van der Waals surface area contributed by atoms with E-state index in [1.165, 1.54) is 24.3 Å². The van der Waals surface area contributed by atoms with Gasteiger partial charge >= 0.3 is 5.69 Å². The molecule has 0 amide bonds. The fraction of sp³-hybridized carbons (Fsp3) is 0.200. The van der Waals surface area contributed by atoms with Gasteiger partial charge in [-0.1, -0.05) is 19.1 Å². The molecule has 0 spiro atoms. The monoisotopic (exact) mass is 309 g/mol. The van der Waals surface area contributed by atoms with Crippen LogP contribution >= 0.6 is 11.6 Å². The van der Waals surface area contributed by atoms with Crippen LogP contribution in [0, 0.1) is 15.9 Å². The number of nitrogens with zero attached hydrogens (tertiary/aromatic N) is 1. The lowest BCUT2D eigenvalue weighted by Crippen LogP contribution is -1.96. The van der Waals surface area contributed by atoms with E-state index in [9.17, 15) is 14.5 Å². The Bertz CT molecular complexity index is 676. The van der Waals surface area contributed by atoms with Crippen molar-refractivity contribution < 1.29 is 14.1 Å². The summed E-state index contributed by atoms with van der Waals surface area (Å²) < 4.78 is 19.2. The second-order valence-corrected chi connectivity index (χ2v) is 4.68. The Morgan fingerprint density at radius 1 is 1.19 bits per heavy atom. The van der Waals surface area contributed by atoms with Gasteiger partial charge in [0.15, 0.2) is 11.6 Å². The van der Waals surface area contributed by atoms with E-state index in [4.69, 9.17) is 16.3 Å². The van der Waals surface area contributed by atoms with Gasteiger partial charge in [0.05, 0.1) is 4.92 Å². The summed E-state index contributed by atoms with van der Waals surface area (Å²) in [5.41, 5.74) is 1.24. The van der Waals surface area contributed by atoms with Crippen molar-refractivity contribution >= 4 is 17.3 Å². The first kappa shape index (κ1) is 15.3. The number of ether oxygens (including phenoxy) is 1. The first-order valence-corrected chi connectivity index (χ1v) is 6.88. The molecule has 0 saturated heterocycles. The van der Waals surface area contributed by atoms with Crippen molar-refractivity contribution in [2.45, 2.75) is 19.2 Å². The Morgan fingerprint density at radius 2 is 1.86 bits per heavy atom. The van der Waals surface area contributed by atoms with Gasteiger partial charge in [-0.05, 0) is 35.7 Å². The number of alkyl halides is 1. The van der Waals surface area contributed by atoms with Gasteiger partial charge in [-0.2, -0.15) is 0 Å². The average Bonchev–Trinajstić information content (AvgIpc) is 2.49. The molecule has 0 aromatic heterocycles. The minimum Gasteiger partial charge on any atom is -0.447 e. The topological polar surface area (TPSA) is 52.4 Å². The number of rotatable bonds is 5. The summed E-state index contributed by atoms with van der Waals surface area (Å²) in [5, 5.41) is 11.1. The summed E-state index contributed by atoms with van der Waals surface area (Å²) in [6.45, 7) is 1.89. The van der Waals surface area contributed by atoms with Gasteiger partial charge in [0, 0.05) is 11.9 Å². The normalized spacial score (nSPS) is 10.4. The fourth-order valence-electron chi connectivity index (χ4n) is 1.84. The molecule has 0 unspecified atom stereocenters. The SMILES string of the molecule is CCc1ccc(Oc2ccc(CCl)cc2F)c([N+](=O)[O-])c1. The number of halogens is 2. The molecule has 0 heterocycles. The van der Waals surface area contributed by atoms with Crippen LogP contribution in [0.1, 0.15) is 18.1 Å². The summed E-state index contributed by atoms with van der Waals surface area (Å²) in [5.74, 6) is -0.490. The predicted molar refractivity (Wildman–Crippen MR) is 78.5 cm³/mol. The largest absolute Gasteiger partial charge is 0.447 e. The number of nitro groups is 1. The maximum atomic E-state index is 13.8. The Morgan fingerprint density at radius 3 is 2.43 bits per heavy atom. The summed E-state index contributed by atoms with van der Waals surface area (Å²) in [6.07, 6.45) is 0.667. The lowest BCUT2D eigenvalue weighted by atomic mass is 10.1. The van der Waals surface area contributed by atoms with E-state index in [1.807, 2.05) is 6.92 Å². The standard InChI is InChI=1S/C15H13ClFNO3/c1-2-10-3-6-15(13(8-10)18(19)20)21-14-5-4-11(9-16)7-12(14)17/h3-8H,2,9H2,1H3. The third-order valence-corrected chi connectivity index (χ3v) is 3.31. The average molecular weight is 310 g/mol. The van der Waals surface area contributed by atoms with Gasteiger partial charge in [-0.3, -0.25) is 10.1 Å². The van der Waals surface area contributed by atoms with Gasteiger partial charge in [0.25, 0.3) is 0 Å². The molecular weight excluding hydrogens is 297 g/mol. The van der Waals surface area contributed by atoms with Gasteiger partial charge < -0.3 is 4.74 Å². The van der Waals surface area contributed by atoms with Gasteiger partial charge in [0.2, 0.25) is 5.75 Å². The van der Waals surface area contributed by atoms with Crippen molar-refractivity contribution in [3.05, 3.63) is 63.5 Å². The molecule has 110 valence electrons. The van der Waals surface area contributed by atoms with Crippen LogP contribution < -0.4 is 4.74 Å². The van der Waals surface area contributed by atoms with Gasteiger partial charge in [-0.25, -0.2) is 4.39 Å². The molecule has 0 radical (unpaired) electrons. The molecule has 0 N–H and O–H groups in total. The molecule has 21 heavy (non-hydrogen) atoms. The molecule has 2 aromatic rings. The van der Waals surface area contributed by atoms with Crippen molar-refractivity contribution in [2.24, 2.45) is 0 Å². The van der Waals surface area contributed by atoms with E-state index in [0.717, 1.165) is 5.56 Å². The zero-order valence-electron chi connectivity index (χ0n) is 11.3. The Hall–Kier alpha value is -2.14. The van der Waals surface area contributed by atoms with Crippen LogP contribution in [0.15, 0.2) is 36.4 Å². The molecule has 0 atom stereocenters. The highest BCUT2D eigenvalue weighted by molar-refractivity contribution is 6.17. The highest BCUT2D eigenvalue weighted by Crippen LogP contribution is 2.33. The number of nitro benzene ring substituents is 1. The van der Waals surface area contributed by atoms with Gasteiger partial charge in [-0.15, -0.1) is 11.6 Å². The van der Waals surface area contributed by atoms with E-state index in [1.54, 1.807) is 12.1 Å². The molecule has 2 rings (SSSR count). The van der Waals surface area contributed by atoms with Crippen LogP contribution in [0.4, 0.5) is 10.1 Å². The predicted octanol–water partition coefficient (Wildman–Crippen LogP) is 4.83. The van der Waals surface area contributed by atoms with Crippen LogP contribution in [0.25, 0.3) is 0 Å². The maximum Gasteiger partial charge on any atom is 0.311 e. The lowest BCUT2D eigenvalue weighted by Gasteiger charge is -2.09. The Labute approximate surface area is 126 Å². The molecule has 4 nitrogen and oxygen atoms in total. The third-order valence-electron chi connectivity index (χ3n) is 3.00. The van der Waals surface area contributed by atoms with E-state index >= 15 is 0 Å². The van der Waals surface area contributed by atoms with Crippen molar-refractivity contribution in [1.29, 1.82) is 0 Å². The molecule has 6 heteroatoms. The zero-order chi connectivity index (χ0) is 15.4. The second kappa shape index (κ2) is 6.54. The van der Waals surface area contributed by atoms with Crippen molar-refractivity contribution in [2.75, 3.05) is 0 Å². The quantitative estimate of drug-likeness (QED) is 0.451. The molecular formula is C15H13ClFNO3. The van der Waals surface area contributed by atoms with Crippen LogP contribution in [-0.2, 0) is 12.3 Å². The highest BCUT2D eigenvalue weighted by atomic mass is 35.5. The second-order valence-electron chi connectivity index (χ2n) is 4.41. The summed E-state index contributed by atoms with van der Waals surface area (Å²) in [7, 11) is 0. The molecule has 0 aliphatic rings. The van der Waals surface area contributed by atoms with Crippen molar-refractivity contribution in [3.63, 3.8) is 0 Å². The lowest BCUT2D eigenvalue weighted by molar-refractivity contribution is -0.385. The van der Waals surface area contributed by atoms with Crippen LogP contribution in [-0.4, -0.2) is 4.92 Å². The van der Waals surface area contributed by atoms with Crippen molar-refractivity contribution in [3.8, 4) is 11.5 Å². The maximum absolute atomic E-state index is 13.8. The first-order chi connectivity index (χ1) is 10.0. The fourth-order valence-corrected chi connectivity index (χ4v) is 2.01. The first-order valence-electron chi connectivity index (χ1n) is 6.34. The van der Waals surface area contributed by atoms with Crippen LogP contribution in [0.5, 0.6) is 11.5 Å². The summed E-state index contributed by atoms with van der Waals surface area (Å²) in [6, 6.07) is 8.89.